The Bertz CT molecular complexity index is 715. The van der Waals surface area contributed by atoms with Crippen LogP contribution in [0.3, 0.4) is 0 Å². The molecule has 2 bridgehead atoms. The van der Waals surface area contributed by atoms with Crippen molar-refractivity contribution in [1.82, 2.24) is 4.90 Å². The maximum absolute atomic E-state index is 13.3. The molecule has 1 aromatic rings. The van der Waals surface area contributed by atoms with Crippen molar-refractivity contribution >= 4 is 11.5 Å². The van der Waals surface area contributed by atoms with Gasteiger partial charge in [0, 0.05) is 23.6 Å². The van der Waals surface area contributed by atoms with Gasteiger partial charge in [-0.3, -0.25) is 9.69 Å². The second-order valence-corrected chi connectivity index (χ2v) is 8.30. The highest BCUT2D eigenvalue weighted by Gasteiger charge is 2.78. The number of ketones is 1. The molecule has 3 heteroatoms. The van der Waals surface area contributed by atoms with Gasteiger partial charge in [-0.1, -0.05) is 18.2 Å². The summed E-state index contributed by atoms with van der Waals surface area (Å²) in [5.74, 6) is 0.509. The van der Waals surface area contributed by atoms with Crippen LogP contribution in [-0.2, 0) is 10.2 Å². The number of rotatable bonds is 0. The Kier molecular flexibility index (Phi) is 1.89. The number of hydrogen-bond donors (Lipinski definition) is 1. The summed E-state index contributed by atoms with van der Waals surface area (Å²) in [6, 6.07) is 9.36. The molecule has 3 saturated carbocycles. The standard InChI is InChI=1S/C19H22N2O/c22-15-12-17-6-3-10-21-11-9-18(16(17)21)13-4-1-2-5-14(13)20-19(15,18)8-7-17/h1-2,4-5,16,20H,3,6-12H2. The fourth-order valence-electron chi connectivity index (χ4n) is 7.29. The third-order valence-electron chi connectivity index (χ3n) is 7.83. The van der Waals surface area contributed by atoms with E-state index in [1.54, 1.807) is 0 Å². The highest BCUT2D eigenvalue weighted by molar-refractivity contribution is 6.00. The number of benzene rings is 1. The lowest BCUT2D eigenvalue weighted by Crippen LogP contribution is -2.76. The van der Waals surface area contributed by atoms with Gasteiger partial charge in [0.1, 0.15) is 5.54 Å². The number of fused-ring (bicyclic) bond motifs is 3. The Hall–Kier alpha value is -1.35. The lowest BCUT2D eigenvalue weighted by atomic mass is 9.41. The summed E-state index contributed by atoms with van der Waals surface area (Å²) in [5, 5.41) is 3.76. The van der Waals surface area contributed by atoms with Gasteiger partial charge < -0.3 is 5.32 Å². The number of Topliss-reactive ketones (excluding diaryl/α,β-unsaturated/α-hetero) is 1. The van der Waals surface area contributed by atoms with Gasteiger partial charge in [0.05, 0.1) is 0 Å². The van der Waals surface area contributed by atoms with E-state index in [2.05, 4.69) is 34.5 Å². The third-order valence-corrected chi connectivity index (χ3v) is 7.83. The molecule has 1 N–H and O–H groups in total. The fourth-order valence-corrected chi connectivity index (χ4v) is 7.29. The Morgan fingerprint density at radius 1 is 1.09 bits per heavy atom. The predicted molar refractivity (Wildman–Crippen MR) is 85.0 cm³/mol. The molecule has 3 aliphatic carbocycles. The minimum atomic E-state index is -0.296. The molecular formula is C19H22N2O. The summed E-state index contributed by atoms with van der Waals surface area (Å²) in [7, 11) is 0. The molecule has 7 rings (SSSR count). The zero-order valence-electron chi connectivity index (χ0n) is 12.9. The number of carbonyl (C=O) groups is 1. The minimum absolute atomic E-state index is 0.0532. The SMILES string of the molecule is O=C1CC23CCCN4CCC5(c6ccccc6NC15CC2)C43. The molecule has 114 valence electrons. The van der Waals surface area contributed by atoms with Gasteiger partial charge in [0.25, 0.3) is 0 Å². The number of hydrogen-bond acceptors (Lipinski definition) is 3. The Morgan fingerprint density at radius 3 is 2.91 bits per heavy atom. The van der Waals surface area contributed by atoms with E-state index in [-0.39, 0.29) is 16.4 Å². The van der Waals surface area contributed by atoms with Gasteiger partial charge >= 0.3 is 0 Å². The van der Waals surface area contributed by atoms with Crippen LogP contribution in [0.15, 0.2) is 24.3 Å². The van der Waals surface area contributed by atoms with Crippen molar-refractivity contribution in [2.24, 2.45) is 5.41 Å². The van der Waals surface area contributed by atoms with Crippen LogP contribution >= 0.6 is 0 Å². The molecule has 0 aromatic heterocycles. The highest BCUT2D eigenvalue weighted by Crippen LogP contribution is 2.71. The van der Waals surface area contributed by atoms with Crippen LogP contribution in [0.1, 0.15) is 44.1 Å². The molecule has 0 radical (unpaired) electrons. The van der Waals surface area contributed by atoms with Crippen LogP contribution in [0.5, 0.6) is 0 Å². The third kappa shape index (κ3) is 0.989. The van der Waals surface area contributed by atoms with Crippen molar-refractivity contribution in [2.45, 2.75) is 55.5 Å². The van der Waals surface area contributed by atoms with E-state index in [0.717, 1.165) is 19.3 Å². The maximum atomic E-state index is 13.3. The first-order chi connectivity index (χ1) is 10.7. The monoisotopic (exact) mass is 294 g/mol. The quantitative estimate of drug-likeness (QED) is 0.798. The Morgan fingerprint density at radius 2 is 2.00 bits per heavy atom. The van der Waals surface area contributed by atoms with Crippen LogP contribution in [0.4, 0.5) is 5.69 Å². The van der Waals surface area contributed by atoms with Crippen LogP contribution < -0.4 is 5.32 Å². The lowest BCUT2D eigenvalue weighted by Gasteiger charge is -2.65. The van der Waals surface area contributed by atoms with E-state index in [9.17, 15) is 4.79 Å². The van der Waals surface area contributed by atoms with Crippen molar-refractivity contribution in [1.29, 1.82) is 0 Å². The van der Waals surface area contributed by atoms with Crippen molar-refractivity contribution in [3.63, 3.8) is 0 Å². The topological polar surface area (TPSA) is 32.3 Å². The van der Waals surface area contributed by atoms with E-state index in [1.165, 1.54) is 43.6 Å². The molecule has 4 atom stereocenters. The maximum Gasteiger partial charge on any atom is 0.159 e. The molecule has 1 aromatic carbocycles. The first kappa shape index (κ1) is 12.1. The van der Waals surface area contributed by atoms with Gasteiger partial charge in [0.2, 0.25) is 0 Å². The average molecular weight is 294 g/mol. The van der Waals surface area contributed by atoms with Crippen molar-refractivity contribution in [3.05, 3.63) is 29.8 Å². The van der Waals surface area contributed by atoms with Crippen molar-refractivity contribution < 1.29 is 4.79 Å². The summed E-state index contributed by atoms with van der Waals surface area (Å²) in [4.78, 5) is 16.0. The van der Waals surface area contributed by atoms with E-state index in [0.29, 0.717) is 11.8 Å². The van der Waals surface area contributed by atoms with Gasteiger partial charge in [-0.15, -0.1) is 0 Å². The van der Waals surface area contributed by atoms with E-state index < -0.39 is 0 Å². The first-order valence-electron chi connectivity index (χ1n) is 8.87. The zero-order valence-corrected chi connectivity index (χ0v) is 12.9. The molecule has 22 heavy (non-hydrogen) atoms. The van der Waals surface area contributed by atoms with Gasteiger partial charge in [0.15, 0.2) is 5.78 Å². The molecule has 6 aliphatic rings. The van der Waals surface area contributed by atoms with Gasteiger partial charge in [-0.2, -0.15) is 0 Å². The lowest BCUT2D eigenvalue weighted by molar-refractivity contribution is -0.152. The van der Waals surface area contributed by atoms with Gasteiger partial charge in [-0.05, 0) is 62.2 Å². The molecular weight excluding hydrogens is 272 g/mol. The van der Waals surface area contributed by atoms with E-state index in [4.69, 9.17) is 0 Å². The van der Waals surface area contributed by atoms with Gasteiger partial charge in [-0.25, -0.2) is 0 Å². The molecule has 3 aliphatic heterocycles. The second-order valence-electron chi connectivity index (χ2n) is 8.30. The average Bonchev–Trinajstić information content (AvgIpc) is 3.07. The van der Waals surface area contributed by atoms with E-state index in [1.807, 2.05) is 0 Å². The summed E-state index contributed by atoms with van der Waals surface area (Å²) in [6.45, 7) is 2.41. The molecule has 3 heterocycles. The van der Waals surface area contributed by atoms with Crippen LogP contribution in [0.25, 0.3) is 0 Å². The molecule has 5 fully saturated rings. The largest absolute Gasteiger partial charge is 0.372 e. The smallest absolute Gasteiger partial charge is 0.159 e. The fraction of sp³-hybridized carbons (Fsp3) is 0.632. The van der Waals surface area contributed by atoms with E-state index >= 15 is 0 Å². The molecule has 3 nitrogen and oxygen atoms in total. The Labute approximate surface area is 131 Å². The summed E-state index contributed by atoms with van der Waals surface area (Å²) in [6.07, 6.45) is 6.81. The molecule has 0 amide bonds. The second kappa shape index (κ2) is 3.43. The number of piperidine rings is 1. The van der Waals surface area contributed by atoms with Crippen molar-refractivity contribution in [2.75, 3.05) is 18.4 Å². The molecule has 4 unspecified atom stereocenters. The summed E-state index contributed by atoms with van der Waals surface area (Å²) < 4.78 is 0. The number of nitrogens with one attached hydrogen (secondary N) is 1. The number of para-hydroxylation sites is 1. The number of carbonyl (C=O) groups excluding carboxylic acids is 1. The number of anilines is 1. The normalized spacial score (nSPS) is 47.8. The molecule has 2 saturated heterocycles. The summed E-state index contributed by atoms with van der Waals surface area (Å²) in [5.41, 5.74) is 2.71. The van der Waals surface area contributed by atoms with Crippen LogP contribution in [0, 0.1) is 5.41 Å². The number of nitrogens with zero attached hydrogens (tertiary/aromatic N) is 1. The van der Waals surface area contributed by atoms with Crippen LogP contribution in [0.2, 0.25) is 0 Å². The zero-order chi connectivity index (χ0) is 14.6. The Balaban J connectivity index is 1.70. The minimum Gasteiger partial charge on any atom is -0.372 e. The van der Waals surface area contributed by atoms with Crippen LogP contribution in [-0.4, -0.2) is 35.4 Å². The summed E-state index contributed by atoms with van der Waals surface area (Å²) >= 11 is 0. The first-order valence-corrected chi connectivity index (χ1v) is 8.87. The predicted octanol–water partition coefficient (Wildman–Crippen LogP) is 2.71. The highest BCUT2D eigenvalue weighted by atomic mass is 16.1. The van der Waals surface area contributed by atoms with Crippen molar-refractivity contribution in [3.8, 4) is 0 Å². The molecule has 3 spiro atoms.